The lowest BCUT2D eigenvalue weighted by atomic mass is 9.90. The quantitative estimate of drug-likeness (QED) is 0.725. The van der Waals surface area contributed by atoms with Gasteiger partial charge in [0.1, 0.15) is 23.9 Å². The summed E-state index contributed by atoms with van der Waals surface area (Å²) in [5.74, 6) is 0.337. The van der Waals surface area contributed by atoms with E-state index in [2.05, 4.69) is 16.8 Å². The lowest BCUT2D eigenvalue weighted by Gasteiger charge is -2.34. The second-order valence-corrected chi connectivity index (χ2v) is 7.92. The van der Waals surface area contributed by atoms with Gasteiger partial charge in [0.25, 0.3) is 0 Å². The van der Waals surface area contributed by atoms with E-state index < -0.39 is 6.11 Å². The van der Waals surface area contributed by atoms with Crippen LogP contribution in [0.25, 0.3) is 5.57 Å². The molecule has 0 unspecified atom stereocenters. The first-order valence-corrected chi connectivity index (χ1v) is 10.0. The SMILES string of the molecule is CN1CCN(CC2=C(c3ccc(F)cc3)c3cc(OC(C)(F)F)ccc3OC2)CC1. The molecule has 2 aromatic rings. The normalized spacial score (nSPS) is 18.2. The Morgan fingerprint density at radius 2 is 1.73 bits per heavy atom. The third-order valence-electron chi connectivity index (χ3n) is 5.42. The zero-order valence-corrected chi connectivity index (χ0v) is 17.1. The number of alkyl halides is 2. The Kier molecular flexibility index (Phi) is 5.75. The van der Waals surface area contributed by atoms with Crippen molar-refractivity contribution in [3.05, 3.63) is 65.0 Å². The second-order valence-electron chi connectivity index (χ2n) is 7.92. The van der Waals surface area contributed by atoms with Crippen LogP contribution in [0, 0.1) is 5.82 Å². The van der Waals surface area contributed by atoms with Crippen molar-refractivity contribution in [2.75, 3.05) is 46.4 Å². The highest BCUT2D eigenvalue weighted by molar-refractivity contribution is 5.87. The van der Waals surface area contributed by atoms with Crippen molar-refractivity contribution in [2.45, 2.75) is 13.0 Å². The fraction of sp³-hybridized carbons (Fsp3) is 0.391. The summed E-state index contributed by atoms with van der Waals surface area (Å²) >= 11 is 0. The minimum Gasteiger partial charge on any atom is -0.489 e. The molecule has 4 rings (SSSR count). The molecule has 2 aliphatic rings. The molecule has 1 fully saturated rings. The van der Waals surface area contributed by atoms with E-state index in [1.807, 2.05) is 0 Å². The average Bonchev–Trinajstić information content (AvgIpc) is 2.69. The zero-order valence-electron chi connectivity index (χ0n) is 17.1. The minimum absolute atomic E-state index is 0.0605. The maximum atomic E-state index is 13.5. The van der Waals surface area contributed by atoms with E-state index in [0.717, 1.165) is 42.9 Å². The summed E-state index contributed by atoms with van der Waals surface area (Å²) in [7, 11) is 2.10. The third kappa shape index (κ3) is 4.79. The molecule has 0 spiro atoms. The van der Waals surface area contributed by atoms with Crippen molar-refractivity contribution < 1.29 is 22.6 Å². The van der Waals surface area contributed by atoms with Gasteiger partial charge in [-0.15, -0.1) is 0 Å². The molecule has 0 bridgehead atoms. The standard InChI is InChI=1S/C23H25F3N2O2/c1-23(25,26)30-19-7-8-21-20(13-19)22(16-3-5-18(24)6-4-16)17(15-29-21)14-28-11-9-27(2)10-12-28/h3-8,13H,9-12,14-15H2,1-2H3. The molecule has 7 heteroatoms. The van der Waals surface area contributed by atoms with Gasteiger partial charge in [0.05, 0.1) is 0 Å². The Balaban J connectivity index is 1.75. The van der Waals surface area contributed by atoms with Crippen molar-refractivity contribution in [3.63, 3.8) is 0 Å². The van der Waals surface area contributed by atoms with Crippen molar-refractivity contribution in [1.29, 1.82) is 0 Å². The molecule has 1 saturated heterocycles. The molecule has 0 N–H and O–H groups in total. The molecule has 2 heterocycles. The third-order valence-corrected chi connectivity index (χ3v) is 5.42. The molecular weight excluding hydrogens is 393 g/mol. The fourth-order valence-electron chi connectivity index (χ4n) is 3.91. The Hall–Kier alpha value is -2.51. The number of halogens is 3. The summed E-state index contributed by atoms with van der Waals surface area (Å²) in [6, 6.07) is 10.9. The highest BCUT2D eigenvalue weighted by Gasteiger charge is 2.27. The Labute approximate surface area is 174 Å². The van der Waals surface area contributed by atoms with Crippen LogP contribution in [-0.4, -0.2) is 62.3 Å². The summed E-state index contributed by atoms with van der Waals surface area (Å²) in [5.41, 5.74) is 3.43. The molecule has 160 valence electrons. The van der Waals surface area contributed by atoms with Crippen molar-refractivity contribution >= 4 is 5.57 Å². The Bertz CT molecular complexity index is 930. The number of nitrogens with zero attached hydrogens (tertiary/aromatic N) is 2. The van der Waals surface area contributed by atoms with Gasteiger partial charge in [-0.3, -0.25) is 4.90 Å². The first-order chi connectivity index (χ1) is 14.3. The molecular formula is C23H25F3N2O2. The van der Waals surface area contributed by atoms with Crippen LogP contribution in [0.2, 0.25) is 0 Å². The molecule has 2 aliphatic heterocycles. The number of ether oxygens (including phenoxy) is 2. The van der Waals surface area contributed by atoms with Gasteiger partial charge in [0, 0.05) is 45.2 Å². The van der Waals surface area contributed by atoms with E-state index in [1.54, 1.807) is 24.3 Å². The van der Waals surface area contributed by atoms with E-state index >= 15 is 0 Å². The predicted molar refractivity (Wildman–Crippen MR) is 110 cm³/mol. The Morgan fingerprint density at radius 1 is 1.03 bits per heavy atom. The average molecular weight is 418 g/mol. The van der Waals surface area contributed by atoms with Crippen LogP contribution >= 0.6 is 0 Å². The molecule has 30 heavy (non-hydrogen) atoms. The van der Waals surface area contributed by atoms with Gasteiger partial charge in [0.2, 0.25) is 0 Å². The van der Waals surface area contributed by atoms with E-state index in [0.29, 0.717) is 31.4 Å². The van der Waals surface area contributed by atoms with Crippen LogP contribution in [0.3, 0.4) is 0 Å². The van der Waals surface area contributed by atoms with E-state index in [-0.39, 0.29) is 11.6 Å². The summed E-state index contributed by atoms with van der Waals surface area (Å²) < 4.78 is 51.1. The summed E-state index contributed by atoms with van der Waals surface area (Å²) in [4.78, 5) is 4.64. The first-order valence-electron chi connectivity index (χ1n) is 10.0. The Morgan fingerprint density at radius 3 is 2.40 bits per heavy atom. The number of fused-ring (bicyclic) bond motifs is 1. The maximum Gasteiger partial charge on any atom is 0.394 e. The van der Waals surface area contributed by atoms with Gasteiger partial charge in [-0.1, -0.05) is 12.1 Å². The van der Waals surface area contributed by atoms with E-state index in [9.17, 15) is 13.2 Å². The van der Waals surface area contributed by atoms with Crippen LogP contribution in [-0.2, 0) is 0 Å². The number of benzene rings is 2. The van der Waals surface area contributed by atoms with Crippen LogP contribution < -0.4 is 9.47 Å². The molecule has 0 aliphatic carbocycles. The number of hydrogen-bond acceptors (Lipinski definition) is 4. The van der Waals surface area contributed by atoms with Crippen molar-refractivity contribution in [3.8, 4) is 11.5 Å². The van der Waals surface area contributed by atoms with E-state index in [1.165, 1.54) is 18.2 Å². The van der Waals surface area contributed by atoms with Crippen LogP contribution in [0.15, 0.2) is 48.0 Å². The molecule has 0 amide bonds. The number of piperazine rings is 1. The lowest BCUT2D eigenvalue weighted by molar-refractivity contribution is -0.158. The van der Waals surface area contributed by atoms with Gasteiger partial charge >= 0.3 is 6.11 Å². The molecule has 0 saturated carbocycles. The lowest BCUT2D eigenvalue weighted by Crippen LogP contribution is -2.45. The summed E-state index contributed by atoms with van der Waals surface area (Å²) in [6.07, 6.45) is -3.29. The zero-order chi connectivity index (χ0) is 21.3. The number of likely N-dealkylation sites (N-methyl/N-ethyl adjacent to an activating group) is 1. The fourth-order valence-corrected chi connectivity index (χ4v) is 3.91. The predicted octanol–water partition coefficient (Wildman–Crippen LogP) is 4.26. The molecule has 0 aromatic heterocycles. The summed E-state index contributed by atoms with van der Waals surface area (Å²) in [5, 5.41) is 0. The number of hydrogen-bond donors (Lipinski definition) is 0. The van der Waals surface area contributed by atoms with Crippen LogP contribution in [0.5, 0.6) is 11.5 Å². The molecule has 0 radical (unpaired) electrons. The van der Waals surface area contributed by atoms with Gasteiger partial charge in [0.15, 0.2) is 0 Å². The van der Waals surface area contributed by atoms with Gasteiger partial charge in [-0.05, 0) is 54.1 Å². The molecule has 0 atom stereocenters. The molecule has 4 nitrogen and oxygen atoms in total. The largest absolute Gasteiger partial charge is 0.489 e. The topological polar surface area (TPSA) is 24.9 Å². The summed E-state index contributed by atoms with van der Waals surface area (Å²) in [6.45, 7) is 5.66. The van der Waals surface area contributed by atoms with Gasteiger partial charge in [-0.25, -0.2) is 4.39 Å². The van der Waals surface area contributed by atoms with Crippen molar-refractivity contribution in [1.82, 2.24) is 9.80 Å². The first kappa shape index (κ1) is 20.8. The monoisotopic (exact) mass is 418 g/mol. The van der Waals surface area contributed by atoms with E-state index in [4.69, 9.17) is 9.47 Å². The van der Waals surface area contributed by atoms with Crippen LogP contribution in [0.4, 0.5) is 13.2 Å². The van der Waals surface area contributed by atoms with Gasteiger partial charge in [-0.2, -0.15) is 8.78 Å². The van der Waals surface area contributed by atoms with Crippen molar-refractivity contribution in [2.24, 2.45) is 0 Å². The van der Waals surface area contributed by atoms with Crippen LogP contribution in [0.1, 0.15) is 18.1 Å². The highest BCUT2D eigenvalue weighted by Crippen LogP contribution is 2.40. The smallest absolute Gasteiger partial charge is 0.394 e. The highest BCUT2D eigenvalue weighted by atomic mass is 19.3. The number of rotatable bonds is 5. The van der Waals surface area contributed by atoms with Gasteiger partial charge < -0.3 is 14.4 Å². The maximum absolute atomic E-state index is 13.5. The molecule has 2 aromatic carbocycles. The second kappa shape index (κ2) is 8.32. The minimum atomic E-state index is -3.29.